The van der Waals surface area contributed by atoms with E-state index in [1.165, 1.54) is 50.6 Å². The van der Waals surface area contributed by atoms with Gasteiger partial charge in [-0.2, -0.15) is 8.78 Å². The zero-order valence-electron chi connectivity index (χ0n) is 15.4. The van der Waals surface area contributed by atoms with Gasteiger partial charge < -0.3 is 19.5 Å². The lowest BCUT2D eigenvalue weighted by molar-refractivity contribution is -0.116. The van der Waals surface area contributed by atoms with Crippen LogP contribution in [-0.4, -0.2) is 33.3 Å². The van der Waals surface area contributed by atoms with Gasteiger partial charge in [0.2, 0.25) is 5.91 Å². The highest BCUT2D eigenvalue weighted by Crippen LogP contribution is 2.29. The van der Waals surface area contributed by atoms with Gasteiger partial charge in [0.25, 0.3) is 0 Å². The molecule has 2 aromatic carbocycles. The summed E-state index contributed by atoms with van der Waals surface area (Å²) >= 11 is 0. The second-order valence-corrected chi connectivity index (χ2v) is 5.63. The molecule has 0 aliphatic rings. The Morgan fingerprint density at radius 2 is 1.79 bits per heavy atom. The molecule has 5 nitrogen and oxygen atoms in total. The van der Waals surface area contributed by atoms with E-state index in [1.54, 1.807) is 12.1 Å². The van der Waals surface area contributed by atoms with Crippen LogP contribution >= 0.6 is 0 Å². The average molecular weight is 395 g/mol. The van der Waals surface area contributed by atoms with Gasteiger partial charge in [-0.25, -0.2) is 4.39 Å². The molecule has 2 rings (SSSR count). The van der Waals surface area contributed by atoms with Crippen molar-refractivity contribution in [2.75, 3.05) is 20.8 Å². The molecule has 2 aromatic rings. The highest BCUT2D eigenvalue weighted by atomic mass is 19.3. The number of benzene rings is 2. The SMILES string of the molecule is COc1ccc(/C=C/C(=O)NCCc2ccc(OC)c(OC(F)F)c2)cc1F. The van der Waals surface area contributed by atoms with Crippen LogP contribution < -0.4 is 19.5 Å². The zero-order chi connectivity index (χ0) is 20.5. The molecule has 0 aliphatic heterocycles. The van der Waals surface area contributed by atoms with Crippen LogP contribution in [0, 0.1) is 5.82 Å². The Labute approximate surface area is 160 Å². The molecule has 0 saturated heterocycles. The molecule has 8 heteroatoms. The first kappa shape index (κ1) is 21.1. The number of methoxy groups -OCH3 is 2. The number of amides is 1. The molecule has 0 saturated carbocycles. The largest absolute Gasteiger partial charge is 0.494 e. The number of rotatable bonds is 9. The maximum absolute atomic E-state index is 13.6. The molecule has 1 amide bonds. The first-order chi connectivity index (χ1) is 13.4. The topological polar surface area (TPSA) is 56.8 Å². The Balaban J connectivity index is 1.88. The molecule has 0 spiro atoms. The summed E-state index contributed by atoms with van der Waals surface area (Å²) in [5.41, 5.74) is 1.20. The van der Waals surface area contributed by atoms with Crippen molar-refractivity contribution in [3.05, 3.63) is 59.4 Å². The maximum atomic E-state index is 13.6. The van der Waals surface area contributed by atoms with Crippen molar-refractivity contribution in [3.63, 3.8) is 0 Å². The number of carbonyl (C=O) groups is 1. The summed E-state index contributed by atoms with van der Waals surface area (Å²) in [5.74, 6) is -0.637. The van der Waals surface area contributed by atoms with E-state index >= 15 is 0 Å². The molecule has 0 radical (unpaired) electrons. The second kappa shape index (κ2) is 10.2. The predicted molar refractivity (Wildman–Crippen MR) is 98.3 cm³/mol. The van der Waals surface area contributed by atoms with Crippen LogP contribution in [0.3, 0.4) is 0 Å². The second-order valence-electron chi connectivity index (χ2n) is 5.63. The fourth-order valence-electron chi connectivity index (χ4n) is 2.41. The number of ether oxygens (including phenoxy) is 3. The van der Waals surface area contributed by atoms with Crippen LogP contribution in [0.15, 0.2) is 42.5 Å². The van der Waals surface area contributed by atoms with Gasteiger partial charge in [-0.1, -0.05) is 12.1 Å². The molecule has 0 aromatic heterocycles. The molecular formula is C20H20F3NO4. The summed E-state index contributed by atoms with van der Waals surface area (Å²) in [5, 5.41) is 2.66. The Bertz CT molecular complexity index is 840. The summed E-state index contributed by atoms with van der Waals surface area (Å²) < 4.78 is 52.7. The maximum Gasteiger partial charge on any atom is 0.387 e. The van der Waals surface area contributed by atoms with Crippen molar-refractivity contribution < 1.29 is 32.2 Å². The van der Waals surface area contributed by atoms with Crippen molar-refractivity contribution in [1.82, 2.24) is 5.32 Å². The number of carbonyl (C=O) groups excluding carboxylic acids is 1. The number of hydrogen-bond acceptors (Lipinski definition) is 4. The highest BCUT2D eigenvalue weighted by molar-refractivity contribution is 5.91. The fraction of sp³-hybridized carbons (Fsp3) is 0.250. The number of nitrogens with one attached hydrogen (secondary N) is 1. The smallest absolute Gasteiger partial charge is 0.387 e. The number of halogens is 3. The van der Waals surface area contributed by atoms with Gasteiger partial charge in [-0.05, 0) is 47.9 Å². The quantitative estimate of drug-likeness (QED) is 0.656. The Morgan fingerprint density at radius 3 is 2.43 bits per heavy atom. The van der Waals surface area contributed by atoms with Crippen molar-refractivity contribution in [1.29, 1.82) is 0 Å². The van der Waals surface area contributed by atoms with Gasteiger partial charge in [-0.3, -0.25) is 4.79 Å². The lowest BCUT2D eigenvalue weighted by Crippen LogP contribution is -2.23. The molecule has 150 valence electrons. The van der Waals surface area contributed by atoms with Crippen molar-refractivity contribution in [2.24, 2.45) is 0 Å². The van der Waals surface area contributed by atoms with E-state index in [9.17, 15) is 18.0 Å². The summed E-state index contributed by atoms with van der Waals surface area (Å²) in [4.78, 5) is 11.9. The number of alkyl halides is 2. The van der Waals surface area contributed by atoms with Crippen LogP contribution in [0.25, 0.3) is 6.08 Å². The lowest BCUT2D eigenvalue weighted by atomic mass is 10.1. The highest BCUT2D eigenvalue weighted by Gasteiger charge is 2.11. The third-order valence-corrected chi connectivity index (χ3v) is 3.76. The van der Waals surface area contributed by atoms with Crippen molar-refractivity contribution in [3.8, 4) is 17.2 Å². The standard InChI is InChI=1S/C20H20F3NO4/c1-26-16-6-3-13(11-15(16)21)5-8-19(25)24-10-9-14-4-7-17(27-2)18(12-14)28-20(22)23/h3-8,11-12,20H,9-10H2,1-2H3,(H,24,25)/b8-5+. The van der Waals surface area contributed by atoms with Crippen LogP contribution in [0.5, 0.6) is 17.2 Å². The molecule has 0 bridgehead atoms. The molecule has 1 N–H and O–H groups in total. The van der Waals surface area contributed by atoms with E-state index in [0.29, 0.717) is 17.5 Å². The van der Waals surface area contributed by atoms with E-state index in [-0.39, 0.29) is 29.7 Å². The van der Waals surface area contributed by atoms with Crippen LogP contribution in [0.2, 0.25) is 0 Å². The Morgan fingerprint density at radius 1 is 1.07 bits per heavy atom. The molecule has 28 heavy (non-hydrogen) atoms. The summed E-state index contributed by atoms with van der Waals surface area (Å²) in [6.07, 6.45) is 3.15. The molecule has 0 heterocycles. The van der Waals surface area contributed by atoms with Gasteiger partial charge >= 0.3 is 6.61 Å². The van der Waals surface area contributed by atoms with Gasteiger partial charge in [0.05, 0.1) is 14.2 Å². The molecule has 0 aliphatic carbocycles. The molecule has 0 fully saturated rings. The van der Waals surface area contributed by atoms with Crippen molar-refractivity contribution >= 4 is 12.0 Å². The van der Waals surface area contributed by atoms with E-state index in [1.807, 2.05) is 0 Å². The average Bonchev–Trinajstić information content (AvgIpc) is 2.66. The summed E-state index contributed by atoms with van der Waals surface area (Å²) in [6.45, 7) is -2.68. The molecular weight excluding hydrogens is 375 g/mol. The zero-order valence-corrected chi connectivity index (χ0v) is 15.4. The Hall–Kier alpha value is -3.16. The third kappa shape index (κ3) is 6.22. The van der Waals surface area contributed by atoms with Crippen LogP contribution in [0.4, 0.5) is 13.2 Å². The first-order valence-electron chi connectivity index (χ1n) is 8.34. The van der Waals surface area contributed by atoms with Gasteiger partial charge in [-0.15, -0.1) is 0 Å². The van der Waals surface area contributed by atoms with Crippen molar-refractivity contribution in [2.45, 2.75) is 13.0 Å². The summed E-state index contributed by atoms with van der Waals surface area (Å²) in [6, 6.07) is 8.99. The monoisotopic (exact) mass is 395 g/mol. The normalized spacial score (nSPS) is 10.9. The predicted octanol–water partition coefficient (Wildman–Crippen LogP) is 3.82. The van der Waals surface area contributed by atoms with Gasteiger partial charge in [0, 0.05) is 12.6 Å². The lowest BCUT2D eigenvalue weighted by Gasteiger charge is -2.11. The van der Waals surface area contributed by atoms with E-state index in [4.69, 9.17) is 9.47 Å². The fourth-order valence-corrected chi connectivity index (χ4v) is 2.41. The minimum atomic E-state index is -2.96. The summed E-state index contributed by atoms with van der Waals surface area (Å²) in [7, 11) is 2.72. The molecule has 0 unspecified atom stereocenters. The minimum absolute atomic E-state index is 0.0669. The van der Waals surface area contributed by atoms with Gasteiger partial charge in [0.1, 0.15) is 0 Å². The van der Waals surface area contributed by atoms with E-state index < -0.39 is 12.4 Å². The van der Waals surface area contributed by atoms with E-state index in [0.717, 1.165) is 0 Å². The first-order valence-corrected chi connectivity index (χ1v) is 8.34. The minimum Gasteiger partial charge on any atom is -0.494 e. The number of hydrogen-bond donors (Lipinski definition) is 1. The van der Waals surface area contributed by atoms with Crippen LogP contribution in [0.1, 0.15) is 11.1 Å². The van der Waals surface area contributed by atoms with Gasteiger partial charge in [0.15, 0.2) is 23.1 Å². The molecule has 0 atom stereocenters. The Kier molecular flexibility index (Phi) is 7.74. The third-order valence-electron chi connectivity index (χ3n) is 3.76. The van der Waals surface area contributed by atoms with Crippen LogP contribution in [-0.2, 0) is 11.2 Å². The van der Waals surface area contributed by atoms with E-state index in [2.05, 4.69) is 10.1 Å².